The quantitative estimate of drug-likeness (QED) is 0.856. The molecule has 0 spiro atoms. The highest BCUT2D eigenvalue weighted by Gasteiger charge is 2.21. The Labute approximate surface area is 119 Å². The van der Waals surface area contributed by atoms with Crippen molar-refractivity contribution < 1.29 is 4.74 Å². The number of allylic oxidation sites excluding steroid dienone is 1. The minimum atomic E-state index is 0.497. The maximum atomic E-state index is 5.42. The van der Waals surface area contributed by atoms with E-state index >= 15 is 0 Å². The van der Waals surface area contributed by atoms with Gasteiger partial charge in [0.15, 0.2) is 0 Å². The number of hydrogen-bond acceptors (Lipinski definition) is 6. The Kier molecular flexibility index (Phi) is 3.73. The van der Waals surface area contributed by atoms with Crippen LogP contribution in [0.3, 0.4) is 0 Å². The molecule has 3 heterocycles. The summed E-state index contributed by atoms with van der Waals surface area (Å²) in [5.74, 6) is 0.968. The fourth-order valence-corrected chi connectivity index (χ4v) is 2.70. The smallest absolute Gasteiger partial charge is 0.132 e. The Morgan fingerprint density at radius 2 is 2.05 bits per heavy atom. The molecule has 1 aromatic rings. The van der Waals surface area contributed by atoms with Gasteiger partial charge >= 0.3 is 0 Å². The van der Waals surface area contributed by atoms with Gasteiger partial charge in [-0.15, -0.1) is 0 Å². The zero-order chi connectivity index (χ0) is 13.9. The van der Waals surface area contributed by atoms with Crippen LogP contribution < -0.4 is 15.5 Å². The Hall–Kier alpha value is -1.82. The molecule has 1 saturated heterocycles. The van der Waals surface area contributed by atoms with E-state index in [1.54, 1.807) is 6.33 Å². The van der Waals surface area contributed by atoms with Crippen molar-refractivity contribution in [2.75, 3.05) is 31.8 Å². The molecular weight excluding hydrogens is 254 g/mol. The van der Waals surface area contributed by atoms with E-state index in [2.05, 4.69) is 39.5 Å². The number of nitrogens with one attached hydrogen (secondary N) is 2. The minimum absolute atomic E-state index is 0.497. The van der Waals surface area contributed by atoms with Crippen molar-refractivity contribution in [2.24, 2.45) is 0 Å². The highest BCUT2D eigenvalue weighted by atomic mass is 16.5. The van der Waals surface area contributed by atoms with E-state index in [0.717, 1.165) is 55.6 Å². The number of anilines is 1. The number of aromatic nitrogens is 2. The summed E-state index contributed by atoms with van der Waals surface area (Å²) in [5, 5.41) is 6.57. The molecule has 1 aromatic heterocycles. The summed E-state index contributed by atoms with van der Waals surface area (Å²) in [4.78, 5) is 11.0. The van der Waals surface area contributed by atoms with Gasteiger partial charge in [0.2, 0.25) is 0 Å². The minimum Gasteiger partial charge on any atom is -0.381 e. The topological polar surface area (TPSA) is 62.3 Å². The third-order valence-corrected chi connectivity index (χ3v) is 4.00. The second-order valence-corrected chi connectivity index (χ2v) is 5.25. The number of nitrogens with zero attached hydrogens (tertiary/aromatic N) is 3. The van der Waals surface area contributed by atoms with Crippen molar-refractivity contribution in [1.82, 2.24) is 20.6 Å². The third kappa shape index (κ3) is 2.56. The molecule has 2 N–H and O–H groups in total. The van der Waals surface area contributed by atoms with Crippen molar-refractivity contribution >= 4 is 11.5 Å². The standard InChI is InChI=1S/C14H21N5O/c1-10-14(18-8-15-10)12-7-13(17-9-16-12)19(2)11-3-5-20-6-4-11/h7,9,11,15,18H,3-6,8H2,1-2H3. The number of rotatable bonds is 3. The fraction of sp³-hybridized carbons (Fsp3) is 0.571. The highest BCUT2D eigenvalue weighted by molar-refractivity contribution is 5.67. The van der Waals surface area contributed by atoms with Crippen LogP contribution in [0, 0.1) is 0 Å². The van der Waals surface area contributed by atoms with Crippen molar-refractivity contribution in [2.45, 2.75) is 25.8 Å². The molecule has 0 atom stereocenters. The van der Waals surface area contributed by atoms with Gasteiger partial charge in [-0.05, 0) is 19.8 Å². The van der Waals surface area contributed by atoms with Crippen LogP contribution in [-0.4, -0.2) is 42.9 Å². The first-order valence-corrected chi connectivity index (χ1v) is 7.07. The molecule has 2 aliphatic heterocycles. The molecule has 0 saturated carbocycles. The Morgan fingerprint density at radius 1 is 1.25 bits per heavy atom. The van der Waals surface area contributed by atoms with Gasteiger partial charge in [-0.3, -0.25) is 0 Å². The van der Waals surface area contributed by atoms with Crippen LogP contribution in [0.2, 0.25) is 0 Å². The van der Waals surface area contributed by atoms with Gasteiger partial charge in [0, 0.05) is 38.1 Å². The van der Waals surface area contributed by atoms with Crippen molar-refractivity contribution in [3.05, 3.63) is 23.8 Å². The normalized spacial score (nSPS) is 19.7. The molecular formula is C14H21N5O. The highest BCUT2D eigenvalue weighted by Crippen LogP contribution is 2.22. The number of hydrogen-bond donors (Lipinski definition) is 2. The average Bonchev–Trinajstić information content (AvgIpc) is 2.94. The van der Waals surface area contributed by atoms with Crippen LogP contribution in [0.1, 0.15) is 25.5 Å². The van der Waals surface area contributed by atoms with Gasteiger partial charge in [-0.2, -0.15) is 0 Å². The van der Waals surface area contributed by atoms with Crippen LogP contribution >= 0.6 is 0 Å². The van der Waals surface area contributed by atoms with Gasteiger partial charge in [-0.1, -0.05) is 0 Å². The van der Waals surface area contributed by atoms with Crippen LogP contribution in [0.25, 0.3) is 5.70 Å². The molecule has 108 valence electrons. The summed E-state index contributed by atoms with van der Waals surface area (Å²) >= 11 is 0. The molecule has 0 aromatic carbocycles. The predicted octanol–water partition coefficient (Wildman–Crippen LogP) is 0.931. The Bertz CT molecular complexity index is 510. The van der Waals surface area contributed by atoms with E-state index in [0.29, 0.717) is 6.04 Å². The van der Waals surface area contributed by atoms with Gasteiger partial charge in [0.25, 0.3) is 0 Å². The first-order chi connectivity index (χ1) is 9.75. The molecule has 0 radical (unpaired) electrons. The molecule has 3 rings (SSSR count). The van der Waals surface area contributed by atoms with Crippen LogP contribution in [0.15, 0.2) is 18.1 Å². The molecule has 2 aliphatic rings. The van der Waals surface area contributed by atoms with E-state index in [1.807, 2.05) is 6.07 Å². The van der Waals surface area contributed by atoms with E-state index in [-0.39, 0.29) is 0 Å². The van der Waals surface area contributed by atoms with Crippen LogP contribution in [-0.2, 0) is 4.74 Å². The average molecular weight is 275 g/mol. The first kappa shape index (κ1) is 13.2. The van der Waals surface area contributed by atoms with Gasteiger partial charge in [0.05, 0.1) is 18.1 Å². The second-order valence-electron chi connectivity index (χ2n) is 5.25. The lowest BCUT2D eigenvalue weighted by Gasteiger charge is -2.32. The van der Waals surface area contributed by atoms with Crippen LogP contribution in [0.5, 0.6) is 0 Å². The summed E-state index contributed by atoms with van der Waals surface area (Å²) in [6, 6.07) is 2.55. The lowest BCUT2D eigenvalue weighted by molar-refractivity contribution is 0.0853. The van der Waals surface area contributed by atoms with Gasteiger partial charge in [-0.25, -0.2) is 9.97 Å². The summed E-state index contributed by atoms with van der Waals surface area (Å²) in [5.41, 5.74) is 3.13. The van der Waals surface area contributed by atoms with Crippen molar-refractivity contribution in [3.63, 3.8) is 0 Å². The largest absolute Gasteiger partial charge is 0.381 e. The Balaban J connectivity index is 1.81. The van der Waals surface area contributed by atoms with Crippen molar-refractivity contribution in [3.8, 4) is 0 Å². The molecule has 20 heavy (non-hydrogen) atoms. The lowest BCUT2D eigenvalue weighted by Crippen LogP contribution is -2.37. The lowest BCUT2D eigenvalue weighted by atomic mass is 10.1. The first-order valence-electron chi connectivity index (χ1n) is 7.07. The third-order valence-electron chi connectivity index (χ3n) is 4.00. The SMILES string of the molecule is CC1=C(c2cc(N(C)C3CCOCC3)ncn2)NCN1. The van der Waals surface area contributed by atoms with E-state index in [9.17, 15) is 0 Å². The molecule has 0 amide bonds. The summed E-state index contributed by atoms with van der Waals surface area (Å²) in [6.07, 6.45) is 3.75. The van der Waals surface area contributed by atoms with Gasteiger partial charge in [0.1, 0.15) is 12.1 Å². The van der Waals surface area contributed by atoms with E-state index in [1.165, 1.54) is 0 Å². The molecule has 6 nitrogen and oxygen atoms in total. The maximum absolute atomic E-state index is 5.42. The monoisotopic (exact) mass is 275 g/mol. The van der Waals surface area contributed by atoms with E-state index < -0.39 is 0 Å². The molecule has 0 unspecified atom stereocenters. The fourth-order valence-electron chi connectivity index (χ4n) is 2.70. The molecule has 0 bridgehead atoms. The van der Waals surface area contributed by atoms with Gasteiger partial charge < -0.3 is 20.3 Å². The number of ether oxygens (including phenoxy) is 1. The van der Waals surface area contributed by atoms with Crippen molar-refractivity contribution in [1.29, 1.82) is 0 Å². The molecule has 6 heteroatoms. The molecule has 0 aliphatic carbocycles. The summed E-state index contributed by atoms with van der Waals surface area (Å²) in [6.45, 7) is 4.49. The maximum Gasteiger partial charge on any atom is 0.132 e. The van der Waals surface area contributed by atoms with E-state index in [4.69, 9.17) is 4.74 Å². The summed E-state index contributed by atoms with van der Waals surface area (Å²) in [7, 11) is 2.10. The zero-order valence-electron chi connectivity index (χ0n) is 12.0. The second kappa shape index (κ2) is 5.66. The molecule has 1 fully saturated rings. The summed E-state index contributed by atoms with van der Waals surface area (Å²) < 4.78 is 5.42. The van der Waals surface area contributed by atoms with Crippen LogP contribution in [0.4, 0.5) is 5.82 Å². The zero-order valence-corrected chi connectivity index (χ0v) is 12.0. The Morgan fingerprint density at radius 3 is 2.75 bits per heavy atom. The predicted molar refractivity (Wildman–Crippen MR) is 78.0 cm³/mol.